The first-order chi connectivity index (χ1) is 5.58. The van der Waals surface area contributed by atoms with E-state index in [4.69, 9.17) is 18.0 Å². The molecule has 0 aromatic rings. The number of hydrogen-bond acceptors (Lipinski definition) is 4. The molecule has 1 fully saturated rings. The van der Waals surface area contributed by atoms with Gasteiger partial charge in [-0.2, -0.15) is 0 Å². The van der Waals surface area contributed by atoms with Gasteiger partial charge < -0.3 is 13.8 Å². The molecule has 0 radical (unpaired) electrons. The Bertz CT molecular complexity index is 128. The van der Waals surface area contributed by atoms with E-state index in [2.05, 4.69) is 0 Å². The maximum Gasteiger partial charge on any atom is 0.0805 e. The Morgan fingerprint density at radius 1 is 1.58 bits per heavy atom. The summed E-state index contributed by atoms with van der Waals surface area (Å²) in [5.74, 6) is 0.324. The lowest BCUT2D eigenvalue weighted by Crippen LogP contribution is -2.22. The van der Waals surface area contributed by atoms with Crippen LogP contribution in [0.1, 0.15) is 12.8 Å². The molecule has 1 unspecified atom stereocenters. The van der Waals surface area contributed by atoms with Crippen LogP contribution in [0, 0.1) is 5.92 Å². The third kappa shape index (κ3) is 4.27. The lowest BCUT2D eigenvalue weighted by Gasteiger charge is -2.26. The summed E-state index contributed by atoms with van der Waals surface area (Å²) in [5, 5.41) is 0. The highest BCUT2D eigenvalue weighted by atomic mass is 32.3. The van der Waals surface area contributed by atoms with Crippen LogP contribution < -0.4 is 0 Å². The quantitative estimate of drug-likeness (QED) is 0.721. The van der Waals surface area contributed by atoms with Crippen molar-refractivity contribution in [3.8, 4) is 0 Å². The van der Waals surface area contributed by atoms with E-state index in [0.717, 1.165) is 19.4 Å². The van der Waals surface area contributed by atoms with Crippen molar-refractivity contribution in [3.05, 3.63) is 0 Å². The molecule has 1 saturated heterocycles. The average molecular weight is 196 g/mol. The zero-order chi connectivity index (χ0) is 9.03. The molecular weight excluding hydrogens is 180 g/mol. The minimum atomic E-state index is -2.78. The van der Waals surface area contributed by atoms with Crippen LogP contribution in [0.4, 0.5) is 0 Å². The van der Waals surface area contributed by atoms with Crippen molar-refractivity contribution < 1.29 is 18.0 Å². The zero-order valence-electron chi connectivity index (χ0n) is 7.23. The SMILES string of the molecule is CS(O)(O)OCC1CCCOC1. The molecule has 1 aliphatic heterocycles. The normalized spacial score (nSPS) is 27.1. The van der Waals surface area contributed by atoms with E-state index in [1.165, 1.54) is 6.26 Å². The highest BCUT2D eigenvalue weighted by Crippen LogP contribution is 2.35. The lowest BCUT2D eigenvalue weighted by atomic mass is 10.0. The topological polar surface area (TPSA) is 58.9 Å². The van der Waals surface area contributed by atoms with Gasteiger partial charge in [0, 0.05) is 18.8 Å². The fourth-order valence-corrected chi connectivity index (χ4v) is 1.61. The monoisotopic (exact) mass is 196 g/mol. The summed E-state index contributed by atoms with van der Waals surface area (Å²) in [5.41, 5.74) is 0. The van der Waals surface area contributed by atoms with Crippen LogP contribution in [-0.4, -0.2) is 35.2 Å². The Morgan fingerprint density at radius 2 is 2.33 bits per heavy atom. The summed E-state index contributed by atoms with van der Waals surface area (Å²) in [6.07, 6.45) is 3.38. The standard InChI is InChI=1S/C7H16O4S/c1-12(8,9)11-6-7-3-2-4-10-5-7/h7-9H,2-6H2,1H3. The van der Waals surface area contributed by atoms with Crippen molar-refractivity contribution in [3.63, 3.8) is 0 Å². The van der Waals surface area contributed by atoms with Gasteiger partial charge in [0.15, 0.2) is 0 Å². The van der Waals surface area contributed by atoms with Gasteiger partial charge >= 0.3 is 0 Å². The van der Waals surface area contributed by atoms with Gasteiger partial charge in [-0.25, -0.2) is 0 Å². The van der Waals surface area contributed by atoms with Crippen LogP contribution in [0.25, 0.3) is 0 Å². The first-order valence-corrected chi connectivity index (χ1v) is 5.91. The summed E-state index contributed by atoms with van der Waals surface area (Å²) in [4.78, 5) is 0. The molecule has 5 heteroatoms. The van der Waals surface area contributed by atoms with Crippen molar-refractivity contribution in [2.45, 2.75) is 12.8 Å². The second-order valence-corrected chi connectivity index (χ2v) is 4.89. The molecule has 1 aliphatic rings. The van der Waals surface area contributed by atoms with Gasteiger partial charge in [0.1, 0.15) is 0 Å². The lowest BCUT2D eigenvalue weighted by molar-refractivity contribution is 0.0342. The molecule has 1 heterocycles. The van der Waals surface area contributed by atoms with E-state index >= 15 is 0 Å². The van der Waals surface area contributed by atoms with Crippen LogP contribution in [0.2, 0.25) is 0 Å². The number of hydrogen-bond donors (Lipinski definition) is 2. The maximum atomic E-state index is 8.92. The Hall–Kier alpha value is 0.190. The van der Waals surface area contributed by atoms with Crippen LogP contribution in [0.5, 0.6) is 0 Å². The molecule has 0 spiro atoms. The molecule has 74 valence electrons. The summed E-state index contributed by atoms with van der Waals surface area (Å²) in [6.45, 7) is 1.88. The van der Waals surface area contributed by atoms with Gasteiger partial charge in [-0.05, 0) is 12.8 Å². The molecule has 2 N–H and O–H groups in total. The fraction of sp³-hybridized carbons (Fsp3) is 1.00. The highest BCUT2D eigenvalue weighted by Gasteiger charge is 2.17. The first-order valence-electron chi connectivity index (χ1n) is 4.03. The molecule has 4 nitrogen and oxygen atoms in total. The molecule has 0 aromatic carbocycles. The predicted molar refractivity (Wildman–Crippen MR) is 48.3 cm³/mol. The van der Waals surface area contributed by atoms with E-state index in [1.807, 2.05) is 0 Å². The summed E-state index contributed by atoms with van der Waals surface area (Å²) in [7, 11) is -2.78. The molecule has 12 heavy (non-hydrogen) atoms. The zero-order valence-corrected chi connectivity index (χ0v) is 8.05. The smallest absolute Gasteiger partial charge is 0.0805 e. The predicted octanol–water partition coefficient (Wildman–Crippen LogP) is 1.72. The Labute approximate surface area is 74.4 Å². The molecule has 1 atom stereocenters. The van der Waals surface area contributed by atoms with Crippen LogP contribution >= 0.6 is 10.9 Å². The molecule has 0 amide bonds. The van der Waals surface area contributed by atoms with Crippen LogP contribution in [0.15, 0.2) is 0 Å². The van der Waals surface area contributed by atoms with Gasteiger partial charge in [-0.3, -0.25) is 4.18 Å². The van der Waals surface area contributed by atoms with Gasteiger partial charge in [-0.1, -0.05) is 0 Å². The van der Waals surface area contributed by atoms with E-state index in [9.17, 15) is 0 Å². The summed E-state index contributed by atoms with van der Waals surface area (Å²) >= 11 is 0. The Balaban J connectivity index is 2.13. The summed E-state index contributed by atoms with van der Waals surface area (Å²) < 4.78 is 27.9. The minimum absolute atomic E-state index is 0.324. The van der Waals surface area contributed by atoms with Gasteiger partial charge in [0.2, 0.25) is 0 Å². The number of rotatable bonds is 3. The average Bonchev–Trinajstić information content (AvgIpc) is 2.02. The van der Waals surface area contributed by atoms with E-state index in [0.29, 0.717) is 19.1 Å². The van der Waals surface area contributed by atoms with Gasteiger partial charge in [-0.15, -0.1) is 0 Å². The second kappa shape index (κ2) is 4.43. The van der Waals surface area contributed by atoms with E-state index < -0.39 is 10.9 Å². The molecular formula is C7H16O4S. The van der Waals surface area contributed by atoms with Crippen LogP contribution in [-0.2, 0) is 8.92 Å². The van der Waals surface area contributed by atoms with Crippen molar-refractivity contribution in [2.75, 3.05) is 26.1 Å². The third-order valence-electron chi connectivity index (χ3n) is 1.78. The van der Waals surface area contributed by atoms with Crippen molar-refractivity contribution in [1.29, 1.82) is 0 Å². The van der Waals surface area contributed by atoms with Crippen molar-refractivity contribution in [2.24, 2.45) is 5.92 Å². The molecule has 0 bridgehead atoms. The number of ether oxygens (including phenoxy) is 1. The van der Waals surface area contributed by atoms with Crippen molar-refractivity contribution >= 4 is 10.9 Å². The van der Waals surface area contributed by atoms with E-state index in [-0.39, 0.29) is 0 Å². The van der Waals surface area contributed by atoms with E-state index in [1.54, 1.807) is 0 Å². The summed E-state index contributed by atoms with van der Waals surface area (Å²) in [6, 6.07) is 0. The second-order valence-electron chi connectivity index (χ2n) is 3.13. The largest absolute Gasteiger partial charge is 0.381 e. The van der Waals surface area contributed by atoms with Gasteiger partial charge in [0.25, 0.3) is 0 Å². The Kier molecular flexibility index (Phi) is 3.79. The maximum absolute atomic E-state index is 8.92. The van der Waals surface area contributed by atoms with Gasteiger partial charge in [0.05, 0.1) is 24.1 Å². The molecule has 0 aliphatic carbocycles. The highest BCUT2D eigenvalue weighted by molar-refractivity contribution is 8.19. The first kappa shape index (κ1) is 10.3. The Morgan fingerprint density at radius 3 is 2.83 bits per heavy atom. The third-order valence-corrected chi connectivity index (χ3v) is 2.36. The minimum Gasteiger partial charge on any atom is -0.381 e. The molecule has 0 aromatic heterocycles. The molecule has 1 rings (SSSR count). The fourth-order valence-electron chi connectivity index (χ4n) is 1.16. The van der Waals surface area contributed by atoms with Crippen LogP contribution in [0.3, 0.4) is 0 Å². The molecule has 0 saturated carbocycles. The van der Waals surface area contributed by atoms with Crippen molar-refractivity contribution in [1.82, 2.24) is 0 Å².